The van der Waals surface area contributed by atoms with Gasteiger partial charge in [0, 0.05) is 21.9 Å². The van der Waals surface area contributed by atoms with E-state index in [4.69, 9.17) is 9.47 Å². The van der Waals surface area contributed by atoms with Crippen molar-refractivity contribution in [3.8, 4) is 11.5 Å². The average Bonchev–Trinajstić information content (AvgIpc) is 2.81. The topological polar surface area (TPSA) is 52.6 Å². The van der Waals surface area contributed by atoms with Gasteiger partial charge in [-0.3, -0.25) is 9.59 Å². The molecule has 0 saturated carbocycles. The van der Waals surface area contributed by atoms with Crippen LogP contribution in [0.2, 0.25) is 0 Å². The Labute approximate surface area is 181 Å². The van der Waals surface area contributed by atoms with Gasteiger partial charge in [-0.1, -0.05) is 62.2 Å². The van der Waals surface area contributed by atoms with Crippen LogP contribution in [0.25, 0.3) is 21.5 Å². The summed E-state index contributed by atoms with van der Waals surface area (Å²) >= 11 is 0. The van der Waals surface area contributed by atoms with Gasteiger partial charge in [0.2, 0.25) is 0 Å². The predicted octanol–water partition coefficient (Wildman–Crippen LogP) is 6.33. The second-order valence-electron chi connectivity index (χ2n) is 7.44. The highest BCUT2D eigenvalue weighted by molar-refractivity contribution is 6.22. The fourth-order valence-electron chi connectivity index (χ4n) is 3.86. The number of rotatable bonds is 9. The molecule has 156 valence electrons. The quantitative estimate of drug-likeness (QED) is 0.183. The van der Waals surface area contributed by atoms with Crippen molar-refractivity contribution in [2.45, 2.75) is 26.2 Å². The Morgan fingerprint density at radius 2 is 1.65 bits per heavy atom. The summed E-state index contributed by atoms with van der Waals surface area (Å²) in [6.45, 7) is 3.16. The van der Waals surface area contributed by atoms with Gasteiger partial charge in [0.15, 0.2) is 5.78 Å². The van der Waals surface area contributed by atoms with Crippen LogP contribution in [0.3, 0.4) is 0 Å². The van der Waals surface area contributed by atoms with Crippen molar-refractivity contribution in [1.82, 2.24) is 0 Å². The lowest BCUT2D eigenvalue weighted by Gasteiger charge is -2.14. The molecule has 0 unspecified atom stereocenters. The lowest BCUT2D eigenvalue weighted by Crippen LogP contribution is -2.05. The van der Waals surface area contributed by atoms with Gasteiger partial charge in [-0.25, -0.2) is 0 Å². The molecule has 4 rings (SSSR count). The summed E-state index contributed by atoms with van der Waals surface area (Å²) in [5.41, 5.74) is 1.18. The molecule has 0 radical (unpaired) electrons. The van der Waals surface area contributed by atoms with Crippen molar-refractivity contribution < 1.29 is 19.1 Å². The Bertz CT molecular complexity index is 1240. The summed E-state index contributed by atoms with van der Waals surface area (Å²) in [5.74, 6) is 1.03. The molecule has 4 aromatic carbocycles. The van der Waals surface area contributed by atoms with E-state index in [2.05, 4.69) is 6.92 Å². The van der Waals surface area contributed by atoms with E-state index in [9.17, 15) is 9.59 Å². The van der Waals surface area contributed by atoms with E-state index in [0.29, 0.717) is 35.3 Å². The first kappa shape index (κ1) is 20.6. The van der Waals surface area contributed by atoms with Gasteiger partial charge in [-0.15, -0.1) is 0 Å². The molecule has 0 heterocycles. The van der Waals surface area contributed by atoms with E-state index >= 15 is 0 Å². The van der Waals surface area contributed by atoms with Gasteiger partial charge >= 0.3 is 0 Å². The number of hydrogen-bond acceptors (Lipinski definition) is 4. The van der Waals surface area contributed by atoms with Gasteiger partial charge in [-0.05, 0) is 47.5 Å². The smallest absolute Gasteiger partial charge is 0.298 e. The van der Waals surface area contributed by atoms with Crippen molar-refractivity contribution in [1.29, 1.82) is 0 Å². The summed E-state index contributed by atoms with van der Waals surface area (Å²) in [4.78, 5) is 24.5. The van der Waals surface area contributed by atoms with E-state index in [1.165, 1.54) is 0 Å². The highest BCUT2D eigenvalue weighted by Gasteiger charge is 2.18. The SMILES string of the molecule is CCCCCOc1ccc(C(=O)c2cccc3ccccc23)c2cc(OC=O)ccc12. The number of hydrogen-bond donors (Lipinski definition) is 0. The maximum Gasteiger partial charge on any atom is 0.298 e. The minimum Gasteiger partial charge on any atom is -0.493 e. The number of fused-ring (bicyclic) bond motifs is 2. The Balaban J connectivity index is 1.81. The zero-order valence-electron chi connectivity index (χ0n) is 17.5. The molecule has 0 aliphatic carbocycles. The standard InChI is InChI=1S/C27H24O4/c1-2-3-6-16-30-26-15-14-24(25-17-20(31-18-28)12-13-22(25)26)27(29)23-11-7-9-19-8-4-5-10-21(19)23/h4-5,7-15,17-18H,2-3,6,16H2,1H3. The molecule has 0 aliphatic heterocycles. The van der Waals surface area contributed by atoms with Crippen LogP contribution in [-0.2, 0) is 4.79 Å². The maximum atomic E-state index is 13.6. The third kappa shape index (κ3) is 4.29. The number of benzene rings is 4. The molecule has 0 saturated heterocycles. The van der Waals surface area contributed by atoms with Crippen LogP contribution >= 0.6 is 0 Å². The molecule has 0 amide bonds. The Kier molecular flexibility index (Phi) is 6.27. The van der Waals surface area contributed by atoms with Crippen LogP contribution in [0.5, 0.6) is 11.5 Å². The molecule has 0 N–H and O–H groups in total. The zero-order valence-corrected chi connectivity index (χ0v) is 17.5. The number of unbranched alkanes of at least 4 members (excludes halogenated alkanes) is 2. The molecule has 0 bridgehead atoms. The number of ketones is 1. The second-order valence-corrected chi connectivity index (χ2v) is 7.44. The van der Waals surface area contributed by atoms with E-state index in [-0.39, 0.29) is 5.78 Å². The Morgan fingerprint density at radius 3 is 2.48 bits per heavy atom. The van der Waals surface area contributed by atoms with E-state index in [0.717, 1.165) is 41.2 Å². The first-order valence-corrected chi connectivity index (χ1v) is 10.5. The Morgan fingerprint density at radius 1 is 0.839 bits per heavy atom. The van der Waals surface area contributed by atoms with Crippen LogP contribution < -0.4 is 9.47 Å². The number of carbonyl (C=O) groups is 2. The zero-order chi connectivity index (χ0) is 21.6. The molecule has 0 atom stereocenters. The molecule has 0 aromatic heterocycles. The number of carbonyl (C=O) groups excluding carboxylic acids is 2. The van der Waals surface area contributed by atoms with Crippen molar-refractivity contribution in [3.63, 3.8) is 0 Å². The molecule has 0 spiro atoms. The van der Waals surface area contributed by atoms with Crippen molar-refractivity contribution in [3.05, 3.63) is 83.9 Å². The minimum absolute atomic E-state index is 0.0809. The Hall–Kier alpha value is -3.66. The molecular weight excluding hydrogens is 388 g/mol. The fraction of sp³-hybridized carbons (Fsp3) is 0.185. The van der Waals surface area contributed by atoms with Crippen molar-refractivity contribution in [2.75, 3.05) is 6.61 Å². The minimum atomic E-state index is -0.0809. The van der Waals surface area contributed by atoms with Crippen molar-refractivity contribution in [2.24, 2.45) is 0 Å². The molecule has 4 aromatic rings. The molecule has 4 heteroatoms. The van der Waals surface area contributed by atoms with Gasteiger partial charge in [0.1, 0.15) is 11.5 Å². The number of ether oxygens (including phenoxy) is 2. The van der Waals surface area contributed by atoms with E-state index in [1.807, 2.05) is 54.6 Å². The summed E-state index contributed by atoms with van der Waals surface area (Å²) in [6, 6.07) is 22.5. The second kappa shape index (κ2) is 9.43. The first-order chi connectivity index (χ1) is 15.2. The summed E-state index contributed by atoms with van der Waals surface area (Å²) in [5, 5.41) is 3.44. The largest absolute Gasteiger partial charge is 0.493 e. The van der Waals surface area contributed by atoms with Gasteiger partial charge in [0.25, 0.3) is 6.47 Å². The van der Waals surface area contributed by atoms with Crippen LogP contribution in [0.15, 0.2) is 72.8 Å². The van der Waals surface area contributed by atoms with Crippen molar-refractivity contribution >= 4 is 33.8 Å². The predicted molar refractivity (Wildman–Crippen MR) is 123 cm³/mol. The monoisotopic (exact) mass is 412 g/mol. The molecule has 4 nitrogen and oxygen atoms in total. The molecular formula is C27H24O4. The third-order valence-electron chi connectivity index (χ3n) is 5.42. The van der Waals surface area contributed by atoms with E-state index in [1.54, 1.807) is 18.2 Å². The van der Waals surface area contributed by atoms with E-state index < -0.39 is 0 Å². The van der Waals surface area contributed by atoms with Crippen LogP contribution in [0.4, 0.5) is 0 Å². The molecule has 0 aliphatic rings. The third-order valence-corrected chi connectivity index (χ3v) is 5.42. The van der Waals surface area contributed by atoms with Crippen LogP contribution in [0, 0.1) is 0 Å². The highest BCUT2D eigenvalue weighted by atomic mass is 16.5. The van der Waals surface area contributed by atoms with Gasteiger partial charge in [-0.2, -0.15) is 0 Å². The summed E-state index contributed by atoms with van der Waals surface area (Å²) in [7, 11) is 0. The lowest BCUT2D eigenvalue weighted by atomic mass is 9.93. The fourth-order valence-corrected chi connectivity index (χ4v) is 3.86. The molecule has 0 fully saturated rings. The summed E-state index contributed by atoms with van der Waals surface area (Å²) < 4.78 is 11.1. The molecule has 31 heavy (non-hydrogen) atoms. The van der Waals surface area contributed by atoms with Crippen LogP contribution in [0.1, 0.15) is 42.1 Å². The normalized spacial score (nSPS) is 10.9. The lowest BCUT2D eigenvalue weighted by molar-refractivity contribution is -0.120. The maximum absolute atomic E-state index is 13.6. The highest BCUT2D eigenvalue weighted by Crippen LogP contribution is 2.34. The first-order valence-electron chi connectivity index (χ1n) is 10.5. The van der Waals surface area contributed by atoms with Gasteiger partial charge < -0.3 is 9.47 Å². The van der Waals surface area contributed by atoms with Gasteiger partial charge in [0.05, 0.1) is 6.61 Å². The van der Waals surface area contributed by atoms with Crippen LogP contribution in [-0.4, -0.2) is 18.9 Å². The average molecular weight is 412 g/mol. The summed E-state index contributed by atoms with van der Waals surface area (Å²) in [6.07, 6.45) is 3.20.